The summed E-state index contributed by atoms with van der Waals surface area (Å²) in [5.74, 6) is -0.0600. The van der Waals surface area contributed by atoms with E-state index in [4.69, 9.17) is 10.00 Å². The molecule has 2 atom stereocenters. The normalized spacial score (nSPS) is 22.7. The van der Waals surface area contributed by atoms with Crippen LogP contribution < -0.4 is 4.90 Å². The standard InChI is InChI=1S/C24H25F3N4O2/c1-16-3-4-18(11-29-16)22(32)31-13-19-12-30(8-7-23(19,14-31)15-33-2)20-6-5-17(10-28)21(9-20)24(25,26)27/h3-6,9,11,19H,7-8,12-15H2,1-2H3/t19-,23+/m1/s1. The van der Waals surface area contributed by atoms with Gasteiger partial charge in [-0.1, -0.05) is 0 Å². The van der Waals surface area contributed by atoms with Gasteiger partial charge in [0.05, 0.1) is 29.4 Å². The van der Waals surface area contributed by atoms with Crippen LogP contribution in [0.2, 0.25) is 0 Å². The Morgan fingerprint density at radius 3 is 2.73 bits per heavy atom. The third kappa shape index (κ3) is 4.40. The summed E-state index contributed by atoms with van der Waals surface area (Å²) in [5.41, 5.74) is 0.213. The van der Waals surface area contributed by atoms with Crippen molar-refractivity contribution in [2.75, 3.05) is 44.8 Å². The van der Waals surface area contributed by atoms with E-state index in [9.17, 15) is 18.0 Å². The molecule has 1 aromatic heterocycles. The van der Waals surface area contributed by atoms with Crippen molar-refractivity contribution in [2.45, 2.75) is 19.5 Å². The van der Waals surface area contributed by atoms with Gasteiger partial charge >= 0.3 is 6.18 Å². The van der Waals surface area contributed by atoms with Crippen LogP contribution in [0, 0.1) is 29.6 Å². The molecule has 0 bridgehead atoms. The molecule has 1 aromatic carbocycles. The van der Waals surface area contributed by atoms with Gasteiger partial charge in [-0.25, -0.2) is 0 Å². The number of carbonyl (C=O) groups is 1. The second kappa shape index (κ2) is 8.67. The Bertz CT molecular complexity index is 1080. The van der Waals surface area contributed by atoms with Crippen molar-refractivity contribution >= 4 is 11.6 Å². The van der Waals surface area contributed by atoms with Gasteiger partial charge < -0.3 is 14.5 Å². The lowest BCUT2D eigenvalue weighted by Gasteiger charge is -2.44. The molecule has 0 unspecified atom stereocenters. The van der Waals surface area contributed by atoms with Gasteiger partial charge in [-0.15, -0.1) is 0 Å². The van der Waals surface area contributed by atoms with E-state index in [1.54, 1.807) is 42.5 Å². The number of carbonyl (C=O) groups excluding carboxylic acids is 1. The lowest BCUT2D eigenvalue weighted by molar-refractivity contribution is -0.137. The number of aryl methyl sites for hydroxylation is 1. The van der Waals surface area contributed by atoms with Crippen LogP contribution in [-0.4, -0.2) is 55.7 Å². The quantitative estimate of drug-likeness (QED) is 0.695. The Hall–Kier alpha value is -3.12. The molecule has 4 rings (SSSR count). The first-order valence-corrected chi connectivity index (χ1v) is 10.7. The molecule has 2 fully saturated rings. The van der Waals surface area contributed by atoms with Crippen molar-refractivity contribution in [3.63, 3.8) is 0 Å². The zero-order chi connectivity index (χ0) is 23.8. The number of alkyl halides is 3. The fourth-order valence-electron chi connectivity index (χ4n) is 5.03. The maximum atomic E-state index is 13.4. The number of pyridine rings is 1. The number of likely N-dealkylation sites (tertiary alicyclic amines) is 1. The summed E-state index contributed by atoms with van der Waals surface area (Å²) in [5, 5.41) is 9.07. The average Bonchev–Trinajstić information content (AvgIpc) is 3.17. The number of hydrogen-bond donors (Lipinski definition) is 0. The fourth-order valence-corrected chi connectivity index (χ4v) is 5.03. The predicted molar refractivity (Wildman–Crippen MR) is 116 cm³/mol. The molecule has 0 radical (unpaired) electrons. The Labute approximate surface area is 190 Å². The SMILES string of the molecule is COC[C@@]12CCN(c3ccc(C#N)c(C(F)(F)F)c3)C[C@@H]1CN(C(=O)c1ccc(C)nc1)C2. The number of benzene rings is 1. The molecule has 2 saturated heterocycles. The summed E-state index contributed by atoms with van der Waals surface area (Å²) < 4.78 is 45.9. The number of nitrogens with zero attached hydrogens (tertiary/aromatic N) is 4. The average molecular weight is 458 g/mol. The summed E-state index contributed by atoms with van der Waals surface area (Å²) in [6, 6.07) is 9.03. The number of nitriles is 1. The summed E-state index contributed by atoms with van der Waals surface area (Å²) in [4.78, 5) is 21.0. The van der Waals surface area contributed by atoms with Gasteiger partial charge in [0.25, 0.3) is 5.91 Å². The maximum absolute atomic E-state index is 13.4. The van der Waals surface area contributed by atoms with Gasteiger partial charge in [-0.2, -0.15) is 18.4 Å². The minimum Gasteiger partial charge on any atom is -0.384 e. The van der Waals surface area contributed by atoms with Gasteiger partial charge in [0.15, 0.2) is 0 Å². The van der Waals surface area contributed by atoms with Crippen molar-refractivity contribution in [3.8, 4) is 6.07 Å². The monoisotopic (exact) mass is 458 g/mol. The summed E-state index contributed by atoms with van der Waals surface area (Å²) in [6.45, 7) is 4.40. The number of fused-ring (bicyclic) bond motifs is 1. The minimum atomic E-state index is -4.60. The van der Waals surface area contributed by atoms with Crippen LogP contribution in [0.3, 0.4) is 0 Å². The number of amides is 1. The van der Waals surface area contributed by atoms with Gasteiger partial charge in [-0.3, -0.25) is 9.78 Å². The Kier molecular flexibility index (Phi) is 6.06. The first kappa shape index (κ1) is 23.1. The molecular weight excluding hydrogens is 433 g/mol. The van der Waals surface area contributed by atoms with Crippen molar-refractivity contribution < 1.29 is 22.7 Å². The first-order valence-electron chi connectivity index (χ1n) is 10.7. The number of aromatic nitrogens is 1. The van der Waals surface area contributed by atoms with Crippen molar-refractivity contribution in [1.82, 2.24) is 9.88 Å². The molecule has 0 N–H and O–H groups in total. The first-order chi connectivity index (χ1) is 15.7. The van der Waals surface area contributed by atoms with E-state index in [1.807, 2.05) is 11.8 Å². The van der Waals surface area contributed by atoms with Gasteiger partial charge in [0, 0.05) is 62.2 Å². The van der Waals surface area contributed by atoms with E-state index in [0.29, 0.717) is 50.5 Å². The molecule has 0 aliphatic carbocycles. The van der Waals surface area contributed by atoms with E-state index < -0.39 is 11.7 Å². The fraction of sp³-hybridized carbons (Fsp3) is 0.458. The highest BCUT2D eigenvalue weighted by Crippen LogP contribution is 2.45. The van der Waals surface area contributed by atoms with Crippen LogP contribution in [-0.2, 0) is 10.9 Å². The van der Waals surface area contributed by atoms with Crippen molar-refractivity contribution in [3.05, 3.63) is 58.9 Å². The third-order valence-corrected chi connectivity index (χ3v) is 6.80. The number of anilines is 1. The molecule has 174 valence electrons. The summed E-state index contributed by atoms with van der Waals surface area (Å²) >= 11 is 0. The highest BCUT2D eigenvalue weighted by atomic mass is 19.4. The number of piperidine rings is 1. The van der Waals surface area contributed by atoms with E-state index in [0.717, 1.165) is 11.8 Å². The van der Waals surface area contributed by atoms with Crippen LogP contribution in [0.1, 0.15) is 33.6 Å². The summed E-state index contributed by atoms with van der Waals surface area (Å²) in [6.07, 6.45) is -2.34. The zero-order valence-corrected chi connectivity index (χ0v) is 18.5. The van der Waals surface area contributed by atoms with E-state index in [1.165, 1.54) is 6.07 Å². The van der Waals surface area contributed by atoms with Crippen LogP contribution >= 0.6 is 0 Å². The van der Waals surface area contributed by atoms with Crippen LogP contribution in [0.25, 0.3) is 0 Å². The van der Waals surface area contributed by atoms with Crippen LogP contribution in [0.5, 0.6) is 0 Å². The van der Waals surface area contributed by atoms with Crippen LogP contribution in [0.4, 0.5) is 18.9 Å². The lowest BCUT2D eigenvalue weighted by Crippen LogP contribution is -2.49. The van der Waals surface area contributed by atoms with Crippen molar-refractivity contribution in [2.24, 2.45) is 11.3 Å². The topological polar surface area (TPSA) is 69.5 Å². The number of hydrogen-bond acceptors (Lipinski definition) is 5. The van der Waals surface area contributed by atoms with Crippen LogP contribution in [0.15, 0.2) is 36.5 Å². The number of ether oxygens (including phenoxy) is 1. The Balaban J connectivity index is 1.58. The molecule has 2 aromatic rings. The molecule has 0 saturated carbocycles. The van der Waals surface area contributed by atoms with Gasteiger partial charge in [-0.05, 0) is 43.7 Å². The maximum Gasteiger partial charge on any atom is 0.417 e. The molecule has 0 spiro atoms. The number of methoxy groups -OCH3 is 1. The summed E-state index contributed by atoms with van der Waals surface area (Å²) in [7, 11) is 1.63. The molecular formula is C24H25F3N4O2. The molecule has 9 heteroatoms. The minimum absolute atomic E-state index is 0.0403. The van der Waals surface area contributed by atoms with E-state index in [2.05, 4.69) is 4.98 Å². The number of halogens is 3. The largest absolute Gasteiger partial charge is 0.417 e. The molecule has 2 aliphatic rings. The molecule has 1 amide bonds. The second-order valence-corrected chi connectivity index (χ2v) is 8.90. The second-order valence-electron chi connectivity index (χ2n) is 8.90. The lowest BCUT2D eigenvalue weighted by atomic mass is 9.73. The third-order valence-electron chi connectivity index (χ3n) is 6.80. The highest BCUT2D eigenvalue weighted by molar-refractivity contribution is 5.94. The smallest absolute Gasteiger partial charge is 0.384 e. The predicted octanol–water partition coefficient (Wildman–Crippen LogP) is 3.90. The molecule has 33 heavy (non-hydrogen) atoms. The van der Waals surface area contributed by atoms with Gasteiger partial charge in [0.2, 0.25) is 0 Å². The zero-order valence-electron chi connectivity index (χ0n) is 18.5. The molecule has 2 aliphatic heterocycles. The van der Waals surface area contributed by atoms with Gasteiger partial charge in [0.1, 0.15) is 0 Å². The Morgan fingerprint density at radius 1 is 1.30 bits per heavy atom. The molecule has 3 heterocycles. The molecule has 6 nitrogen and oxygen atoms in total. The highest BCUT2D eigenvalue weighted by Gasteiger charge is 2.51. The Morgan fingerprint density at radius 2 is 2.09 bits per heavy atom. The van der Waals surface area contributed by atoms with E-state index >= 15 is 0 Å². The van der Waals surface area contributed by atoms with Crippen molar-refractivity contribution in [1.29, 1.82) is 5.26 Å². The van der Waals surface area contributed by atoms with E-state index in [-0.39, 0.29) is 22.8 Å². The number of rotatable bonds is 4.